The normalized spacial score (nSPS) is 19.0. The number of fused-ring (bicyclic) bond motifs is 1. The first kappa shape index (κ1) is 22.0. The fourth-order valence-electron chi connectivity index (χ4n) is 3.61. The first-order valence-electron chi connectivity index (χ1n) is 9.87. The van der Waals surface area contributed by atoms with Gasteiger partial charge in [0, 0.05) is 5.56 Å². The van der Waals surface area contributed by atoms with Gasteiger partial charge in [-0.25, -0.2) is 22.9 Å². The van der Waals surface area contributed by atoms with Crippen molar-refractivity contribution in [3.05, 3.63) is 89.1 Å². The van der Waals surface area contributed by atoms with E-state index in [0.717, 1.165) is 11.8 Å². The highest BCUT2D eigenvalue weighted by Crippen LogP contribution is 2.44. The van der Waals surface area contributed by atoms with E-state index in [0.29, 0.717) is 16.9 Å². The van der Waals surface area contributed by atoms with Crippen LogP contribution < -0.4 is 15.4 Å². The Hall–Kier alpha value is -3.80. The molecule has 0 aliphatic carbocycles. The number of nitrogens with one attached hydrogen (secondary N) is 1. The van der Waals surface area contributed by atoms with Crippen LogP contribution in [0.15, 0.2) is 87.6 Å². The van der Waals surface area contributed by atoms with Crippen molar-refractivity contribution in [3.63, 3.8) is 0 Å². The fourth-order valence-corrected chi connectivity index (χ4v) is 5.22. The first-order valence-corrected chi connectivity index (χ1v) is 12.2. The summed E-state index contributed by atoms with van der Waals surface area (Å²) in [5, 5.41) is 7.88. The fraction of sp³-hybridized carbons (Fsp3) is 0. The van der Waals surface area contributed by atoms with Crippen molar-refractivity contribution in [2.75, 3.05) is 10.2 Å². The number of benzene rings is 3. The van der Waals surface area contributed by atoms with Crippen LogP contribution in [0.5, 0.6) is 0 Å². The molecule has 3 aromatic rings. The summed E-state index contributed by atoms with van der Waals surface area (Å²) in [6.45, 7) is 0. The number of para-hydroxylation sites is 2. The van der Waals surface area contributed by atoms with Gasteiger partial charge >= 0.3 is 0 Å². The predicted octanol–water partition coefficient (Wildman–Crippen LogP) is 3.60. The van der Waals surface area contributed by atoms with Crippen LogP contribution in [0, 0.1) is 5.82 Å². The smallest absolute Gasteiger partial charge is 0.272 e. The van der Waals surface area contributed by atoms with Crippen molar-refractivity contribution in [2.24, 2.45) is 10.1 Å². The van der Waals surface area contributed by atoms with E-state index < -0.39 is 27.7 Å². The van der Waals surface area contributed by atoms with Crippen LogP contribution in [0.25, 0.3) is 5.57 Å². The molecule has 5 rings (SSSR count). The molecule has 1 saturated heterocycles. The summed E-state index contributed by atoms with van der Waals surface area (Å²) in [4.78, 5) is 32.1. The lowest BCUT2D eigenvalue weighted by Crippen LogP contribution is -2.29. The van der Waals surface area contributed by atoms with Crippen LogP contribution in [0.2, 0.25) is 0 Å². The quantitative estimate of drug-likeness (QED) is 0.539. The number of aliphatic imine (C=N–C) groups is 1. The lowest BCUT2D eigenvalue weighted by atomic mass is 10.1. The summed E-state index contributed by atoms with van der Waals surface area (Å²) in [6, 6.07) is 18.5. The number of nitrogens with two attached hydrogens (primary N) is 1. The van der Waals surface area contributed by atoms with E-state index in [4.69, 9.17) is 5.14 Å². The number of amides is 2. The Morgan fingerprint density at radius 1 is 0.941 bits per heavy atom. The van der Waals surface area contributed by atoms with Gasteiger partial charge in [0.05, 0.1) is 32.4 Å². The zero-order valence-corrected chi connectivity index (χ0v) is 18.9. The van der Waals surface area contributed by atoms with Gasteiger partial charge in [-0.15, -0.1) is 0 Å². The van der Waals surface area contributed by atoms with E-state index in [-0.39, 0.29) is 26.2 Å². The van der Waals surface area contributed by atoms with Crippen molar-refractivity contribution in [1.82, 2.24) is 0 Å². The van der Waals surface area contributed by atoms with E-state index in [9.17, 15) is 22.4 Å². The highest BCUT2D eigenvalue weighted by Gasteiger charge is 2.41. The second-order valence-electron chi connectivity index (χ2n) is 7.33. The Bertz CT molecular complexity index is 1520. The third kappa shape index (κ3) is 3.79. The monoisotopic (exact) mass is 494 g/mol. The Labute approximate surface area is 198 Å². The molecule has 2 aliphatic rings. The number of rotatable bonds is 3. The van der Waals surface area contributed by atoms with Crippen molar-refractivity contribution in [1.29, 1.82) is 0 Å². The predicted molar refractivity (Wildman–Crippen MR) is 128 cm³/mol. The number of halogens is 1. The topological polar surface area (TPSA) is 122 Å². The van der Waals surface area contributed by atoms with Crippen molar-refractivity contribution in [2.45, 2.75) is 4.90 Å². The van der Waals surface area contributed by atoms with Gasteiger partial charge < -0.3 is 5.32 Å². The molecule has 34 heavy (non-hydrogen) atoms. The summed E-state index contributed by atoms with van der Waals surface area (Å²) in [5.74, 6) is -1.67. The van der Waals surface area contributed by atoms with Crippen LogP contribution in [0.3, 0.4) is 0 Å². The van der Waals surface area contributed by atoms with Crippen LogP contribution in [-0.2, 0) is 19.6 Å². The van der Waals surface area contributed by atoms with Gasteiger partial charge in [0.15, 0.2) is 5.17 Å². The Kier molecular flexibility index (Phi) is 5.31. The number of nitrogens with zero attached hydrogens (tertiary/aromatic N) is 2. The number of primary sulfonamides is 1. The summed E-state index contributed by atoms with van der Waals surface area (Å²) in [5.41, 5.74) is 1.29. The standard InChI is InChI=1S/C23H15FN4O4S2/c24-17-8-4-7-16-18(21(29)27-19(16)17)20-22(30)28(14-5-2-1-3-6-14)23(33-20)26-13-9-11-15(12-10-13)34(25,31)32/h1-12H,(H,27,29)(H2,25,31,32)/b20-18-,26-23-. The van der Waals surface area contributed by atoms with Gasteiger partial charge in [-0.3, -0.25) is 14.5 Å². The number of anilines is 2. The number of amidine groups is 1. The minimum absolute atomic E-state index is 0.0265. The SMILES string of the molecule is NS(=O)(=O)c1ccc(/N=C2\S/C(=C3\C(=O)Nc4c(F)cccc43)C(=O)N2c2ccccc2)cc1. The minimum atomic E-state index is -3.87. The largest absolute Gasteiger partial charge is 0.319 e. The van der Waals surface area contributed by atoms with Gasteiger partial charge in [-0.1, -0.05) is 30.3 Å². The molecule has 11 heteroatoms. The molecule has 8 nitrogen and oxygen atoms in total. The van der Waals surface area contributed by atoms with Gasteiger partial charge in [0.1, 0.15) is 5.82 Å². The molecule has 0 bridgehead atoms. The average molecular weight is 495 g/mol. The zero-order valence-electron chi connectivity index (χ0n) is 17.2. The van der Waals surface area contributed by atoms with E-state index in [1.807, 2.05) is 0 Å². The summed E-state index contributed by atoms with van der Waals surface area (Å²) in [6.07, 6.45) is 0. The lowest BCUT2D eigenvalue weighted by molar-refractivity contribution is -0.114. The molecule has 2 amide bonds. The van der Waals surface area contributed by atoms with Crippen LogP contribution >= 0.6 is 11.8 Å². The Morgan fingerprint density at radius 3 is 2.32 bits per heavy atom. The lowest BCUT2D eigenvalue weighted by Gasteiger charge is -2.15. The third-order valence-corrected chi connectivity index (χ3v) is 7.13. The van der Waals surface area contributed by atoms with E-state index >= 15 is 0 Å². The zero-order chi connectivity index (χ0) is 24.0. The van der Waals surface area contributed by atoms with Gasteiger partial charge in [0.2, 0.25) is 10.0 Å². The van der Waals surface area contributed by atoms with E-state index in [2.05, 4.69) is 10.3 Å². The Morgan fingerprint density at radius 2 is 1.65 bits per heavy atom. The number of hydrogen-bond donors (Lipinski definition) is 2. The first-order chi connectivity index (χ1) is 16.2. The van der Waals surface area contributed by atoms with Crippen LogP contribution in [0.1, 0.15) is 5.56 Å². The van der Waals surface area contributed by atoms with E-state index in [1.54, 1.807) is 36.4 Å². The van der Waals surface area contributed by atoms with Gasteiger partial charge in [-0.05, 0) is 54.2 Å². The molecule has 3 N–H and O–H groups in total. The summed E-state index contributed by atoms with van der Waals surface area (Å²) >= 11 is 0.977. The maximum Gasteiger partial charge on any atom is 0.272 e. The summed E-state index contributed by atoms with van der Waals surface area (Å²) < 4.78 is 37.3. The van der Waals surface area contributed by atoms with Gasteiger partial charge in [0.25, 0.3) is 11.8 Å². The molecule has 2 heterocycles. The Balaban J connectivity index is 1.65. The van der Waals surface area contributed by atoms with Crippen molar-refractivity contribution < 1.29 is 22.4 Å². The molecule has 170 valence electrons. The molecule has 0 spiro atoms. The number of thioether (sulfide) groups is 1. The molecule has 0 atom stereocenters. The average Bonchev–Trinajstić information content (AvgIpc) is 3.30. The summed E-state index contributed by atoms with van der Waals surface area (Å²) in [7, 11) is -3.87. The van der Waals surface area contributed by atoms with Crippen LogP contribution in [0.4, 0.5) is 21.5 Å². The van der Waals surface area contributed by atoms with Crippen molar-refractivity contribution in [3.8, 4) is 0 Å². The van der Waals surface area contributed by atoms with Crippen LogP contribution in [-0.4, -0.2) is 25.4 Å². The number of carbonyl (C=O) groups is 2. The molecular weight excluding hydrogens is 479 g/mol. The van der Waals surface area contributed by atoms with Gasteiger partial charge in [-0.2, -0.15) is 0 Å². The molecular formula is C23H15FN4O4S2. The second-order valence-corrected chi connectivity index (χ2v) is 9.87. The molecule has 0 aromatic heterocycles. The highest BCUT2D eigenvalue weighted by molar-refractivity contribution is 8.19. The molecule has 0 unspecified atom stereocenters. The highest BCUT2D eigenvalue weighted by atomic mass is 32.2. The maximum atomic E-state index is 14.2. The number of carbonyl (C=O) groups excluding carboxylic acids is 2. The maximum absolute atomic E-state index is 14.2. The molecule has 1 fully saturated rings. The third-order valence-electron chi connectivity index (χ3n) is 5.16. The minimum Gasteiger partial charge on any atom is -0.319 e. The molecule has 0 radical (unpaired) electrons. The number of sulfonamides is 1. The second kappa shape index (κ2) is 8.20. The van der Waals surface area contributed by atoms with E-state index in [1.165, 1.54) is 41.3 Å². The van der Waals surface area contributed by atoms with Crippen molar-refractivity contribution >= 4 is 61.4 Å². The molecule has 3 aromatic carbocycles. The molecule has 2 aliphatic heterocycles. The molecule has 0 saturated carbocycles. The number of hydrogen-bond acceptors (Lipinski definition) is 6.